The van der Waals surface area contributed by atoms with Crippen LogP contribution in [0.5, 0.6) is 0 Å². The number of Topliss-reactive ketones (excluding diaryl/α,β-unsaturated/α-hetero) is 1. The van der Waals surface area contributed by atoms with Gasteiger partial charge in [-0.1, -0.05) is 0 Å². The molecule has 1 aliphatic carbocycles. The molecule has 4 nitrogen and oxygen atoms in total. The van der Waals surface area contributed by atoms with Gasteiger partial charge in [-0.15, -0.1) is 0 Å². The van der Waals surface area contributed by atoms with Crippen LogP contribution in [0.4, 0.5) is 5.82 Å². The molecule has 0 amide bonds. The lowest BCUT2D eigenvalue weighted by atomic mass is 9.96. The molecule has 1 aliphatic rings. The molecule has 0 saturated carbocycles. The molecule has 0 radical (unpaired) electrons. The summed E-state index contributed by atoms with van der Waals surface area (Å²) in [5, 5.41) is 0. The van der Waals surface area contributed by atoms with E-state index >= 15 is 0 Å². The fourth-order valence-corrected chi connectivity index (χ4v) is 1.78. The van der Waals surface area contributed by atoms with E-state index < -0.39 is 0 Å². The number of rotatable bonds is 1. The minimum absolute atomic E-state index is 0.120. The van der Waals surface area contributed by atoms with Crippen molar-refractivity contribution in [2.45, 2.75) is 32.6 Å². The SMILES string of the molecule is CC(=O)c1nc(N)c2c(n1)CCCC2. The quantitative estimate of drug-likeness (QED) is 0.676. The molecule has 0 spiro atoms. The monoisotopic (exact) mass is 191 g/mol. The van der Waals surface area contributed by atoms with Crippen molar-refractivity contribution in [3.63, 3.8) is 0 Å². The Morgan fingerprint density at radius 3 is 2.71 bits per heavy atom. The van der Waals surface area contributed by atoms with Crippen molar-refractivity contribution in [2.75, 3.05) is 5.73 Å². The number of aryl methyl sites for hydroxylation is 1. The lowest BCUT2D eigenvalue weighted by Crippen LogP contribution is -2.14. The molecule has 0 unspecified atom stereocenters. The van der Waals surface area contributed by atoms with Crippen LogP contribution >= 0.6 is 0 Å². The normalized spacial score (nSPS) is 14.9. The first-order valence-electron chi connectivity index (χ1n) is 4.84. The number of nitrogen functional groups attached to an aromatic ring is 1. The zero-order valence-electron chi connectivity index (χ0n) is 8.21. The highest BCUT2D eigenvalue weighted by atomic mass is 16.1. The molecule has 0 saturated heterocycles. The van der Waals surface area contributed by atoms with E-state index in [-0.39, 0.29) is 11.6 Å². The zero-order valence-corrected chi connectivity index (χ0v) is 8.21. The van der Waals surface area contributed by atoms with Crippen molar-refractivity contribution in [2.24, 2.45) is 0 Å². The van der Waals surface area contributed by atoms with Gasteiger partial charge in [0.25, 0.3) is 0 Å². The molecule has 0 bridgehead atoms. The molecule has 1 heterocycles. The molecule has 0 aromatic carbocycles. The van der Waals surface area contributed by atoms with E-state index in [0.717, 1.165) is 36.9 Å². The second-order valence-corrected chi connectivity index (χ2v) is 3.62. The van der Waals surface area contributed by atoms with E-state index in [0.29, 0.717) is 5.82 Å². The van der Waals surface area contributed by atoms with Gasteiger partial charge in [0.1, 0.15) is 5.82 Å². The van der Waals surface area contributed by atoms with Crippen molar-refractivity contribution < 1.29 is 4.79 Å². The molecule has 1 aromatic heterocycles. The van der Waals surface area contributed by atoms with Crippen LogP contribution in [-0.4, -0.2) is 15.8 Å². The first-order valence-corrected chi connectivity index (χ1v) is 4.84. The molecule has 14 heavy (non-hydrogen) atoms. The van der Waals surface area contributed by atoms with E-state index in [1.165, 1.54) is 6.92 Å². The van der Waals surface area contributed by atoms with Gasteiger partial charge in [0, 0.05) is 18.2 Å². The summed E-state index contributed by atoms with van der Waals surface area (Å²) in [5.41, 5.74) is 7.79. The fraction of sp³-hybridized carbons (Fsp3) is 0.500. The number of fused-ring (bicyclic) bond motifs is 1. The van der Waals surface area contributed by atoms with Crippen LogP contribution in [0.15, 0.2) is 0 Å². The van der Waals surface area contributed by atoms with Gasteiger partial charge >= 0.3 is 0 Å². The summed E-state index contributed by atoms with van der Waals surface area (Å²) in [5.74, 6) is 0.619. The molecule has 0 fully saturated rings. The lowest BCUT2D eigenvalue weighted by Gasteiger charge is -2.16. The van der Waals surface area contributed by atoms with Gasteiger partial charge in [-0.2, -0.15) is 0 Å². The Bertz CT molecular complexity index is 387. The Morgan fingerprint density at radius 2 is 2.00 bits per heavy atom. The topological polar surface area (TPSA) is 68.9 Å². The molecule has 2 rings (SSSR count). The number of carbonyl (C=O) groups is 1. The number of anilines is 1. The predicted molar refractivity (Wildman–Crippen MR) is 53.1 cm³/mol. The predicted octanol–water partition coefficient (Wildman–Crippen LogP) is 1.14. The van der Waals surface area contributed by atoms with Gasteiger partial charge in [-0.25, -0.2) is 9.97 Å². The number of hydrogen-bond donors (Lipinski definition) is 1. The Hall–Kier alpha value is -1.45. The molecule has 4 heteroatoms. The molecule has 0 aliphatic heterocycles. The van der Waals surface area contributed by atoms with E-state index in [1.807, 2.05) is 0 Å². The second kappa shape index (κ2) is 3.36. The molecular weight excluding hydrogens is 178 g/mol. The molecule has 74 valence electrons. The highest BCUT2D eigenvalue weighted by Crippen LogP contribution is 2.23. The van der Waals surface area contributed by atoms with E-state index in [2.05, 4.69) is 9.97 Å². The zero-order chi connectivity index (χ0) is 10.1. The maximum atomic E-state index is 11.1. The summed E-state index contributed by atoms with van der Waals surface area (Å²) in [6.45, 7) is 1.46. The third kappa shape index (κ3) is 1.47. The summed E-state index contributed by atoms with van der Waals surface area (Å²) < 4.78 is 0. The van der Waals surface area contributed by atoms with Crippen LogP contribution < -0.4 is 5.73 Å². The van der Waals surface area contributed by atoms with Gasteiger partial charge < -0.3 is 5.73 Å². The standard InChI is InChI=1S/C10H13N3O/c1-6(14)10-12-8-5-3-2-4-7(8)9(11)13-10/h2-5H2,1H3,(H2,11,12,13). The summed E-state index contributed by atoms with van der Waals surface area (Å²) in [6.07, 6.45) is 4.13. The van der Waals surface area contributed by atoms with Gasteiger partial charge in [-0.05, 0) is 25.7 Å². The molecule has 0 atom stereocenters. The van der Waals surface area contributed by atoms with Crippen molar-refractivity contribution >= 4 is 11.6 Å². The average molecular weight is 191 g/mol. The second-order valence-electron chi connectivity index (χ2n) is 3.62. The highest BCUT2D eigenvalue weighted by molar-refractivity contribution is 5.90. The van der Waals surface area contributed by atoms with Gasteiger partial charge in [-0.3, -0.25) is 4.79 Å². The molecular formula is C10H13N3O. The summed E-state index contributed by atoms with van der Waals surface area (Å²) >= 11 is 0. The fourth-order valence-electron chi connectivity index (χ4n) is 1.78. The number of hydrogen-bond acceptors (Lipinski definition) is 4. The van der Waals surface area contributed by atoms with Gasteiger partial charge in [0.2, 0.25) is 0 Å². The van der Waals surface area contributed by atoms with E-state index in [9.17, 15) is 4.79 Å². The molecule has 1 aromatic rings. The maximum Gasteiger partial charge on any atom is 0.197 e. The Morgan fingerprint density at radius 1 is 1.29 bits per heavy atom. The first-order chi connectivity index (χ1) is 6.68. The highest BCUT2D eigenvalue weighted by Gasteiger charge is 2.17. The van der Waals surface area contributed by atoms with Crippen molar-refractivity contribution in [3.05, 3.63) is 17.1 Å². The number of aromatic nitrogens is 2. The summed E-state index contributed by atoms with van der Waals surface area (Å²) in [4.78, 5) is 19.3. The number of carbonyl (C=O) groups excluding carboxylic acids is 1. The minimum atomic E-state index is -0.120. The van der Waals surface area contributed by atoms with Crippen LogP contribution in [0.3, 0.4) is 0 Å². The molecule has 2 N–H and O–H groups in total. The number of nitrogens with two attached hydrogens (primary N) is 1. The van der Waals surface area contributed by atoms with Crippen LogP contribution in [0.25, 0.3) is 0 Å². The van der Waals surface area contributed by atoms with Gasteiger partial charge in [0.05, 0.1) is 0 Å². The Labute approximate surface area is 82.6 Å². The third-order valence-corrected chi connectivity index (χ3v) is 2.53. The number of ketones is 1. The van der Waals surface area contributed by atoms with Crippen molar-refractivity contribution in [3.8, 4) is 0 Å². The first kappa shape index (κ1) is 9.12. The number of nitrogens with zero attached hydrogens (tertiary/aromatic N) is 2. The van der Waals surface area contributed by atoms with Crippen molar-refractivity contribution in [1.29, 1.82) is 0 Å². The van der Waals surface area contributed by atoms with Crippen LogP contribution in [0.2, 0.25) is 0 Å². The maximum absolute atomic E-state index is 11.1. The summed E-state index contributed by atoms with van der Waals surface area (Å²) in [7, 11) is 0. The van der Waals surface area contributed by atoms with E-state index in [4.69, 9.17) is 5.73 Å². The van der Waals surface area contributed by atoms with Crippen LogP contribution in [-0.2, 0) is 12.8 Å². The van der Waals surface area contributed by atoms with E-state index in [1.54, 1.807) is 0 Å². The Balaban J connectivity index is 2.51. The van der Waals surface area contributed by atoms with Crippen molar-refractivity contribution in [1.82, 2.24) is 9.97 Å². The van der Waals surface area contributed by atoms with Crippen LogP contribution in [0.1, 0.15) is 41.6 Å². The van der Waals surface area contributed by atoms with Gasteiger partial charge in [0.15, 0.2) is 11.6 Å². The Kier molecular flexibility index (Phi) is 2.19. The summed E-state index contributed by atoms with van der Waals surface area (Å²) in [6, 6.07) is 0. The van der Waals surface area contributed by atoms with Crippen LogP contribution in [0, 0.1) is 0 Å². The third-order valence-electron chi connectivity index (χ3n) is 2.53. The smallest absolute Gasteiger partial charge is 0.197 e. The average Bonchev–Trinajstić information content (AvgIpc) is 2.17. The largest absolute Gasteiger partial charge is 0.383 e. The lowest BCUT2D eigenvalue weighted by molar-refractivity contribution is 0.100. The minimum Gasteiger partial charge on any atom is -0.383 e.